The van der Waals surface area contributed by atoms with Gasteiger partial charge in [0.1, 0.15) is 0 Å². The van der Waals surface area contributed by atoms with Crippen LogP contribution in [0.5, 0.6) is 0 Å². The molecule has 0 nitrogen and oxygen atoms in total. The predicted molar refractivity (Wildman–Crippen MR) is 62.5 cm³/mol. The van der Waals surface area contributed by atoms with Gasteiger partial charge in [0.05, 0.1) is 0 Å². The van der Waals surface area contributed by atoms with E-state index < -0.39 is 0 Å². The molecule has 0 aromatic rings. The monoisotopic (exact) mass is 204 g/mol. The van der Waals surface area contributed by atoms with Gasteiger partial charge in [-0.3, -0.25) is 0 Å². The van der Waals surface area contributed by atoms with Gasteiger partial charge in [-0.2, -0.15) is 0 Å². The van der Waals surface area contributed by atoms with Crippen molar-refractivity contribution in [3.63, 3.8) is 0 Å². The SMILES string of the molecule is C1CC2CCCC3C4CC4CCC3C2C1. The van der Waals surface area contributed by atoms with Crippen molar-refractivity contribution in [2.75, 3.05) is 0 Å². The van der Waals surface area contributed by atoms with Crippen molar-refractivity contribution in [3.05, 3.63) is 0 Å². The molecule has 6 atom stereocenters. The van der Waals surface area contributed by atoms with Crippen molar-refractivity contribution in [1.29, 1.82) is 0 Å². The van der Waals surface area contributed by atoms with E-state index in [9.17, 15) is 0 Å². The molecule has 84 valence electrons. The second kappa shape index (κ2) is 3.25. The summed E-state index contributed by atoms with van der Waals surface area (Å²) in [6.45, 7) is 0. The summed E-state index contributed by atoms with van der Waals surface area (Å²) in [7, 11) is 0. The lowest BCUT2D eigenvalue weighted by atomic mass is 9.70. The molecule has 0 aliphatic heterocycles. The molecular formula is C15H24. The normalized spacial score (nSPS) is 57.6. The molecule has 0 radical (unpaired) electrons. The van der Waals surface area contributed by atoms with Crippen molar-refractivity contribution in [2.24, 2.45) is 35.5 Å². The van der Waals surface area contributed by atoms with E-state index in [1.807, 2.05) is 0 Å². The van der Waals surface area contributed by atoms with Crippen LogP contribution in [0.3, 0.4) is 0 Å². The van der Waals surface area contributed by atoms with Crippen LogP contribution in [-0.2, 0) is 0 Å². The van der Waals surface area contributed by atoms with Crippen molar-refractivity contribution in [3.8, 4) is 0 Å². The van der Waals surface area contributed by atoms with E-state index in [4.69, 9.17) is 0 Å². The first-order valence-corrected chi connectivity index (χ1v) is 7.43. The first-order chi connectivity index (χ1) is 7.43. The molecule has 0 bridgehead atoms. The second-order valence-electron chi connectivity index (χ2n) is 6.85. The lowest BCUT2D eigenvalue weighted by Crippen LogP contribution is -2.28. The summed E-state index contributed by atoms with van der Waals surface area (Å²) in [5, 5.41) is 0. The summed E-state index contributed by atoms with van der Waals surface area (Å²) in [6.07, 6.45) is 14.4. The molecular weight excluding hydrogens is 180 g/mol. The van der Waals surface area contributed by atoms with E-state index in [0.717, 1.165) is 5.92 Å². The topological polar surface area (TPSA) is 0 Å². The zero-order valence-electron chi connectivity index (χ0n) is 9.83. The molecule has 0 saturated heterocycles. The third kappa shape index (κ3) is 1.33. The zero-order chi connectivity index (χ0) is 9.83. The highest BCUT2D eigenvalue weighted by molar-refractivity contribution is 5.02. The summed E-state index contributed by atoms with van der Waals surface area (Å²) in [5.74, 6) is 7.13. The Kier molecular flexibility index (Phi) is 1.96. The molecule has 0 N–H and O–H groups in total. The van der Waals surface area contributed by atoms with Gasteiger partial charge in [0.2, 0.25) is 0 Å². The Morgan fingerprint density at radius 3 is 2.07 bits per heavy atom. The van der Waals surface area contributed by atoms with Crippen LogP contribution < -0.4 is 0 Å². The van der Waals surface area contributed by atoms with E-state index in [2.05, 4.69) is 0 Å². The summed E-state index contributed by atoms with van der Waals surface area (Å²) >= 11 is 0. The standard InChI is InChI=1S/C15H24/c1-3-10-4-2-6-13-14(12(10)5-1)8-7-11-9-15(11)13/h10-15H,1-9H2. The van der Waals surface area contributed by atoms with Crippen LogP contribution in [0.2, 0.25) is 0 Å². The van der Waals surface area contributed by atoms with E-state index in [0.29, 0.717) is 0 Å². The maximum Gasteiger partial charge on any atom is -0.0352 e. The van der Waals surface area contributed by atoms with Gasteiger partial charge >= 0.3 is 0 Å². The van der Waals surface area contributed by atoms with Gasteiger partial charge in [-0.15, -0.1) is 0 Å². The summed E-state index contributed by atoms with van der Waals surface area (Å²) < 4.78 is 0. The van der Waals surface area contributed by atoms with Gasteiger partial charge in [-0.1, -0.05) is 25.7 Å². The second-order valence-corrected chi connectivity index (χ2v) is 6.85. The van der Waals surface area contributed by atoms with E-state index in [1.54, 1.807) is 57.8 Å². The van der Waals surface area contributed by atoms with Crippen LogP contribution in [-0.4, -0.2) is 0 Å². The highest BCUT2D eigenvalue weighted by Gasteiger charge is 2.52. The van der Waals surface area contributed by atoms with Crippen LogP contribution >= 0.6 is 0 Å². The zero-order valence-corrected chi connectivity index (χ0v) is 9.83. The lowest BCUT2D eigenvalue weighted by molar-refractivity contribution is 0.136. The molecule has 0 heterocycles. The average molecular weight is 204 g/mol. The first-order valence-electron chi connectivity index (χ1n) is 7.43. The Hall–Kier alpha value is 0. The molecule has 15 heavy (non-hydrogen) atoms. The Morgan fingerprint density at radius 1 is 0.467 bits per heavy atom. The highest BCUT2D eigenvalue weighted by atomic mass is 14.6. The molecule has 4 aliphatic carbocycles. The van der Waals surface area contributed by atoms with E-state index in [1.165, 1.54) is 29.6 Å². The highest BCUT2D eigenvalue weighted by Crippen LogP contribution is 2.61. The van der Waals surface area contributed by atoms with Crippen molar-refractivity contribution < 1.29 is 0 Å². The smallest absolute Gasteiger partial charge is 0.0352 e. The molecule has 4 saturated carbocycles. The fourth-order valence-corrected chi connectivity index (χ4v) is 5.63. The maximum absolute atomic E-state index is 1.62. The van der Waals surface area contributed by atoms with Crippen molar-refractivity contribution in [1.82, 2.24) is 0 Å². The Labute approximate surface area is 93.8 Å². The molecule has 4 fully saturated rings. The van der Waals surface area contributed by atoms with Gasteiger partial charge in [0, 0.05) is 0 Å². The predicted octanol–water partition coefficient (Wildman–Crippen LogP) is 4.25. The van der Waals surface area contributed by atoms with Gasteiger partial charge < -0.3 is 0 Å². The molecule has 4 rings (SSSR count). The molecule has 0 aromatic carbocycles. The minimum atomic E-state index is 1.16. The van der Waals surface area contributed by atoms with Gasteiger partial charge in [0.25, 0.3) is 0 Å². The number of hydrogen-bond acceptors (Lipinski definition) is 0. The Balaban J connectivity index is 1.62. The van der Waals surface area contributed by atoms with Gasteiger partial charge in [-0.25, -0.2) is 0 Å². The summed E-state index contributed by atoms with van der Waals surface area (Å²) in [4.78, 5) is 0. The van der Waals surface area contributed by atoms with E-state index >= 15 is 0 Å². The fourth-order valence-electron chi connectivity index (χ4n) is 5.63. The molecule has 0 aromatic heterocycles. The summed E-state index contributed by atoms with van der Waals surface area (Å²) in [5.41, 5.74) is 0. The Bertz CT molecular complexity index is 255. The quantitative estimate of drug-likeness (QED) is 0.553. The number of rotatable bonds is 0. The summed E-state index contributed by atoms with van der Waals surface area (Å²) in [6, 6.07) is 0. The van der Waals surface area contributed by atoms with Crippen LogP contribution in [0, 0.1) is 35.5 Å². The number of hydrogen-bond donors (Lipinski definition) is 0. The number of fused-ring (bicyclic) bond motifs is 5. The van der Waals surface area contributed by atoms with Crippen molar-refractivity contribution >= 4 is 0 Å². The molecule has 0 amide bonds. The van der Waals surface area contributed by atoms with Crippen LogP contribution in [0.15, 0.2) is 0 Å². The van der Waals surface area contributed by atoms with Crippen LogP contribution in [0.4, 0.5) is 0 Å². The molecule has 6 unspecified atom stereocenters. The van der Waals surface area contributed by atoms with Crippen LogP contribution in [0.25, 0.3) is 0 Å². The first kappa shape index (κ1) is 9.07. The minimum Gasteiger partial charge on any atom is -0.0527 e. The lowest BCUT2D eigenvalue weighted by Gasteiger charge is -2.35. The fraction of sp³-hybridized carbons (Fsp3) is 1.00. The van der Waals surface area contributed by atoms with Gasteiger partial charge in [0.15, 0.2) is 0 Å². The molecule has 4 aliphatic rings. The Morgan fingerprint density at radius 2 is 1.20 bits per heavy atom. The molecule has 0 heteroatoms. The third-order valence-corrected chi connectivity index (χ3v) is 6.33. The van der Waals surface area contributed by atoms with Crippen molar-refractivity contribution in [2.45, 2.75) is 57.8 Å². The molecule has 0 spiro atoms. The van der Waals surface area contributed by atoms with E-state index in [-0.39, 0.29) is 0 Å². The third-order valence-electron chi connectivity index (χ3n) is 6.33. The van der Waals surface area contributed by atoms with Crippen LogP contribution in [0.1, 0.15) is 57.8 Å². The largest absolute Gasteiger partial charge is 0.0527 e. The average Bonchev–Trinajstić information content (AvgIpc) is 2.94. The van der Waals surface area contributed by atoms with Gasteiger partial charge in [-0.05, 0) is 67.6 Å². The minimum absolute atomic E-state index is 1.16. The maximum atomic E-state index is 1.62.